The Labute approximate surface area is 130 Å². The molecular formula is C19H19NO2. The first-order valence-electron chi connectivity index (χ1n) is 7.16. The molecule has 0 unspecified atom stereocenters. The first kappa shape index (κ1) is 15.6. The molecule has 0 fully saturated rings. The van der Waals surface area contributed by atoms with E-state index in [2.05, 4.69) is 11.9 Å². The standard InChI is InChI=1S/C19H19NO2/c1-3-22-19(21)18(14-16-10-6-4-7-11-16)15(2)20-17-12-8-5-9-13-17/h4-14,20H,2-3H2,1H3/b18-14-. The molecule has 0 radical (unpaired) electrons. The van der Waals surface area contributed by atoms with Gasteiger partial charge in [-0.25, -0.2) is 4.79 Å². The molecule has 2 aromatic rings. The van der Waals surface area contributed by atoms with E-state index < -0.39 is 0 Å². The van der Waals surface area contributed by atoms with Crippen LogP contribution in [0.2, 0.25) is 0 Å². The number of benzene rings is 2. The first-order valence-corrected chi connectivity index (χ1v) is 7.16. The minimum absolute atomic E-state index is 0.323. The highest BCUT2D eigenvalue weighted by Gasteiger charge is 2.14. The zero-order valence-electron chi connectivity index (χ0n) is 12.6. The van der Waals surface area contributed by atoms with Crippen LogP contribution in [0.15, 0.2) is 78.5 Å². The lowest BCUT2D eigenvalue weighted by atomic mass is 10.1. The Kier molecular flexibility index (Phi) is 5.55. The topological polar surface area (TPSA) is 38.3 Å². The summed E-state index contributed by atoms with van der Waals surface area (Å²) in [5, 5.41) is 3.14. The third kappa shape index (κ3) is 4.35. The van der Waals surface area contributed by atoms with E-state index in [-0.39, 0.29) is 5.97 Å². The third-order valence-corrected chi connectivity index (χ3v) is 3.00. The number of anilines is 1. The summed E-state index contributed by atoms with van der Waals surface area (Å²) in [6.07, 6.45) is 1.77. The van der Waals surface area contributed by atoms with Gasteiger partial charge in [-0.05, 0) is 30.7 Å². The second-order valence-corrected chi connectivity index (χ2v) is 4.66. The Hall–Kier alpha value is -2.81. The van der Waals surface area contributed by atoms with Crippen LogP contribution in [0.1, 0.15) is 12.5 Å². The molecule has 2 aromatic carbocycles. The van der Waals surface area contributed by atoms with E-state index in [0.29, 0.717) is 17.9 Å². The number of nitrogens with one attached hydrogen (secondary N) is 1. The van der Waals surface area contributed by atoms with Gasteiger partial charge in [0, 0.05) is 11.4 Å². The minimum atomic E-state index is -0.389. The lowest BCUT2D eigenvalue weighted by molar-refractivity contribution is -0.138. The number of hydrogen-bond acceptors (Lipinski definition) is 3. The molecule has 0 aliphatic carbocycles. The van der Waals surface area contributed by atoms with Crippen molar-refractivity contribution in [3.63, 3.8) is 0 Å². The number of hydrogen-bond donors (Lipinski definition) is 1. The summed E-state index contributed by atoms with van der Waals surface area (Å²) in [7, 11) is 0. The van der Waals surface area contributed by atoms with Crippen molar-refractivity contribution >= 4 is 17.7 Å². The summed E-state index contributed by atoms with van der Waals surface area (Å²) in [6, 6.07) is 19.2. The lowest BCUT2D eigenvalue weighted by Crippen LogP contribution is -2.13. The zero-order valence-corrected chi connectivity index (χ0v) is 12.6. The van der Waals surface area contributed by atoms with Crippen LogP contribution in [0.4, 0.5) is 5.69 Å². The average molecular weight is 293 g/mol. The molecule has 0 bridgehead atoms. The number of carbonyl (C=O) groups excluding carboxylic acids is 1. The van der Waals surface area contributed by atoms with Gasteiger partial charge in [-0.15, -0.1) is 0 Å². The molecule has 0 aliphatic rings. The first-order chi connectivity index (χ1) is 10.7. The molecular weight excluding hydrogens is 274 g/mol. The highest BCUT2D eigenvalue weighted by molar-refractivity contribution is 5.99. The molecule has 0 aromatic heterocycles. The van der Waals surface area contributed by atoms with Crippen molar-refractivity contribution in [3.05, 3.63) is 84.1 Å². The molecule has 1 N–H and O–H groups in total. The maximum absolute atomic E-state index is 12.2. The van der Waals surface area contributed by atoms with Crippen LogP contribution < -0.4 is 5.32 Å². The van der Waals surface area contributed by atoms with Gasteiger partial charge >= 0.3 is 5.97 Å². The molecule has 3 nitrogen and oxygen atoms in total. The van der Waals surface area contributed by atoms with E-state index in [0.717, 1.165) is 11.3 Å². The predicted molar refractivity (Wildman–Crippen MR) is 90.3 cm³/mol. The van der Waals surface area contributed by atoms with Gasteiger partial charge < -0.3 is 10.1 Å². The maximum Gasteiger partial charge on any atom is 0.340 e. The van der Waals surface area contributed by atoms with Crippen molar-refractivity contribution in [1.29, 1.82) is 0 Å². The van der Waals surface area contributed by atoms with Crippen LogP contribution in [0.5, 0.6) is 0 Å². The van der Waals surface area contributed by atoms with Crippen LogP contribution in [-0.4, -0.2) is 12.6 Å². The van der Waals surface area contributed by atoms with Gasteiger partial charge in [-0.3, -0.25) is 0 Å². The molecule has 0 saturated carbocycles. The van der Waals surface area contributed by atoms with E-state index >= 15 is 0 Å². The number of ether oxygens (including phenoxy) is 1. The average Bonchev–Trinajstić information content (AvgIpc) is 2.54. The molecule has 0 aliphatic heterocycles. The molecule has 0 heterocycles. The van der Waals surface area contributed by atoms with E-state index in [1.807, 2.05) is 60.7 Å². The fourth-order valence-corrected chi connectivity index (χ4v) is 1.96. The fourth-order valence-electron chi connectivity index (χ4n) is 1.96. The van der Waals surface area contributed by atoms with Crippen LogP contribution >= 0.6 is 0 Å². The number of esters is 1. The van der Waals surface area contributed by atoms with Crippen LogP contribution in [0.3, 0.4) is 0 Å². The van der Waals surface area contributed by atoms with Crippen LogP contribution in [0.25, 0.3) is 6.08 Å². The number of carbonyl (C=O) groups is 1. The maximum atomic E-state index is 12.2. The largest absolute Gasteiger partial charge is 0.462 e. The Balaban J connectivity index is 2.26. The predicted octanol–water partition coefficient (Wildman–Crippen LogP) is 4.26. The number of para-hydroxylation sites is 1. The van der Waals surface area contributed by atoms with E-state index in [4.69, 9.17) is 4.74 Å². The Morgan fingerprint density at radius 2 is 1.68 bits per heavy atom. The normalized spacial score (nSPS) is 10.9. The Morgan fingerprint density at radius 1 is 1.09 bits per heavy atom. The summed E-state index contributed by atoms with van der Waals surface area (Å²) in [5.74, 6) is -0.389. The minimum Gasteiger partial charge on any atom is -0.462 e. The van der Waals surface area contributed by atoms with Crippen molar-refractivity contribution in [2.75, 3.05) is 11.9 Å². The van der Waals surface area contributed by atoms with Crippen molar-refractivity contribution < 1.29 is 9.53 Å². The molecule has 0 atom stereocenters. The Bertz CT molecular complexity index is 660. The van der Waals surface area contributed by atoms with E-state index in [1.54, 1.807) is 13.0 Å². The third-order valence-electron chi connectivity index (χ3n) is 3.00. The van der Waals surface area contributed by atoms with Gasteiger partial charge in [-0.1, -0.05) is 55.1 Å². The molecule has 0 spiro atoms. The van der Waals surface area contributed by atoms with Crippen molar-refractivity contribution in [2.45, 2.75) is 6.92 Å². The summed E-state index contributed by atoms with van der Waals surface area (Å²) < 4.78 is 5.13. The summed E-state index contributed by atoms with van der Waals surface area (Å²) in [6.45, 7) is 6.08. The van der Waals surface area contributed by atoms with Gasteiger partial charge in [0.25, 0.3) is 0 Å². The van der Waals surface area contributed by atoms with E-state index in [9.17, 15) is 4.79 Å². The van der Waals surface area contributed by atoms with Crippen LogP contribution in [0, 0.1) is 0 Å². The second kappa shape index (κ2) is 7.84. The quantitative estimate of drug-likeness (QED) is 0.491. The molecule has 0 saturated heterocycles. The Morgan fingerprint density at radius 3 is 2.27 bits per heavy atom. The molecule has 0 amide bonds. The van der Waals surface area contributed by atoms with Crippen LogP contribution in [-0.2, 0) is 9.53 Å². The molecule has 22 heavy (non-hydrogen) atoms. The van der Waals surface area contributed by atoms with E-state index in [1.165, 1.54) is 0 Å². The van der Waals surface area contributed by atoms with Crippen molar-refractivity contribution in [1.82, 2.24) is 0 Å². The molecule has 112 valence electrons. The summed E-state index contributed by atoms with van der Waals surface area (Å²) in [5.41, 5.74) is 2.71. The molecule has 2 rings (SSSR count). The second-order valence-electron chi connectivity index (χ2n) is 4.66. The summed E-state index contributed by atoms with van der Waals surface area (Å²) in [4.78, 5) is 12.2. The van der Waals surface area contributed by atoms with Gasteiger partial charge in [0.1, 0.15) is 0 Å². The lowest BCUT2D eigenvalue weighted by Gasteiger charge is -2.13. The fraction of sp³-hybridized carbons (Fsp3) is 0.105. The van der Waals surface area contributed by atoms with Crippen molar-refractivity contribution in [2.24, 2.45) is 0 Å². The van der Waals surface area contributed by atoms with Gasteiger partial charge in [0.2, 0.25) is 0 Å². The highest BCUT2D eigenvalue weighted by Crippen LogP contribution is 2.18. The van der Waals surface area contributed by atoms with Gasteiger partial charge in [0.05, 0.1) is 12.2 Å². The van der Waals surface area contributed by atoms with Gasteiger partial charge in [-0.2, -0.15) is 0 Å². The number of rotatable bonds is 6. The summed E-state index contributed by atoms with van der Waals surface area (Å²) >= 11 is 0. The zero-order chi connectivity index (χ0) is 15.8. The smallest absolute Gasteiger partial charge is 0.340 e. The van der Waals surface area contributed by atoms with Crippen molar-refractivity contribution in [3.8, 4) is 0 Å². The van der Waals surface area contributed by atoms with Gasteiger partial charge in [0.15, 0.2) is 0 Å². The molecule has 3 heteroatoms. The monoisotopic (exact) mass is 293 g/mol. The highest BCUT2D eigenvalue weighted by atomic mass is 16.5. The SMILES string of the molecule is C=C(Nc1ccccc1)/C(=C/c1ccccc1)C(=O)OCC.